The van der Waals surface area contributed by atoms with Gasteiger partial charge >= 0.3 is 11.9 Å². The molecular formula is C18H16N2O7. The second kappa shape index (κ2) is 8.00. The molecule has 0 radical (unpaired) electrons. The number of nitrogens with two attached hydrogens (primary N) is 1. The molecule has 2 amide bonds. The molecule has 0 aliphatic rings. The van der Waals surface area contributed by atoms with Gasteiger partial charge in [0.15, 0.2) is 0 Å². The highest BCUT2D eigenvalue weighted by Gasteiger charge is 2.19. The summed E-state index contributed by atoms with van der Waals surface area (Å²) in [6.45, 7) is 2.00. The maximum absolute atomic E-state index is 12.1. The third kappa shape index (κ3) is 4.40. The zero-order chi connectivity index (χ0) is 20.1. The zero-order valence-corrected chi connectivity index (χ0v) is 14.2. The fourth-order valence-corrected chi connectivity index (χ4v) is 2.33. The lowest BCUT2D eigenvalue weighted by Gasteiger charge is -2.11. The summed E-state index contributed by atoms with van der Waals surface area (Å²) >= 11 is 0. The molecule has 140 valence electrons. The minimum atomic E-state index is -1.32. The number of amides is 2. The van der Waals surface area contributed by atoms with Crippen molar-refractivity contribution in [3.05, 3.63) is 58.7 Å². The summed E-state index contributed by atoms with van der Waals surface area (Å²) in [5, 5.41) is 20.8. The molecular weight excluding hydrogens is 356 g/mol. The van der Waals surface area contributed by atoms with Crippen LogP contribution >= 0.6 is 0 Å². The van der Waals surface area contributed by atoms with Gasteiger partial charge in [-0.05, 0) is 43.3 Å². The molecule has 2 rings (SSSR count). The van der Waals surface area contributed by atoms with E-state index in [1.54, 1.807) is 6.92 Å². The van der Waals surface area contributed by atoms with Crippen molar-refractivity contribution in [1.82, 2.24) is 5.32 Å². The number of carbonyl (C=O) groups excluding carboxylic acids is 2. The summed E-state index contributed by atoms with van der Waals surface area (Å²) < 4.78 is 5.53. The van der Waals surface area contributed by atoms with Crippen molar-refractivity contribution in [1.29, 1.82) is 0 Å². The normalized spacial score (nSPS) is 10.1. The Morgan fingerprint density at radius 3 is 1.81 bits per heavy atom. The maximum atomic E-state index is 12.1. The van der Waals surface area contributed by atoms with Gasteiger partial charge in [0.1, 0.15) is 11.5 Å². The summed E-state index contributed by atoms with van der Waals surface area (Å²) in [7, 11) is 0. The minimum absolute atomic E-state index is 0.0960. The highest BCUT2D eigenvalue weighted by molar-refractivity contribution is 6.05. The van der Waals surface area contributed by atoms with E-state index in [1.807, 2.05) is 0 Å². The standard InChI is InChI=1S/C18H16N2O7/c1-2-20-16(22)14-8-10(4-6-12(14)18(25)26)27-9-3-5-11(17(23)24)13(7-9)15(19)21/h3-8H,2H2,1H3,(H2,19,21)(H,20,22)(H,23,24)(H,25,26). The van der Waals surface area contributed by atoms with E-state index in [4.69, 9.17) is 15.6 Å². The molecule has 0 aliphatic carbocycles. The Hall–Kier alpha value is -3.88. The predicted octanol–water partition coefficient (Wildman–Crippen LogP) is 1.72. The number of carbonyl (C=O) groups is 4. The monoisotopic (exact) mass is 372 g/mol. The van der Waals surface area contributed by atoms with E-state index in [2.05, 4.69) is 5.32 Å². The van der Waals surface area contributed by atoms with Gasteiger partial charge in [-0.1, -0.05) is 0 Å². The molecule has 0 unspecified atom stereocenters. The van der Waals surface area contributed by atoms with Crippen LogP contribution in [0.25, 0.3) is 0 Å². The zero-order valence-electron chi connectivity index (χ0n) is 14.2. The number of carboxylic acid groups (broad SMARTS) is 2. The molecule has 0 atom stereocenters. The molecule has 0 aromatic heterocycles. The van der Waals surface area contributed by atoms with Crippen molar-refractivity contribution in [3.8, 4) is 11.5 Å². The molecule has 0 saturated carbocycles. The molecule has 5 N–H and O–H groups in total. The number of aromatic carboxylic acids is 2. The number of hydrogen-bond donors (Lipinski definition) is 4. The number of carboxylic acids is 2. The predicted molar refractivity (Wildman–Crippen MR) is 93.4 cm³/mol. The number of benzene rings is 2. The molecule has 0 fully saturated rings. The first-order valence-corrected chi connectivity index (χ1v) is 7.75. The lowest BCUT2D eigenvalue weighted by atomic mass is 10.1. The summed E-state index contributed by atoms with van der Waals surface area (Å²) in [5.74, 6) is -3.90. The summed E-state index contributed by atoms with van der Waals surface area (Å²) in [5.41, 5.74) is 4.37. The lowest BCUT2D eigenvalue weighted by molar-refractivity contribution is 0.0683. The van der Waals surface area contributed by atoms with Crippen LogP contribution in [0.2, 0.25) is 0 Å². The first kappa shape index (κ1) is 19.4. The molecule has 9 nitrogen and oxygen atoms in total. The Labute approximate surface area is 153 Å². The van der Waals surface area contributed by atoms with Crippen molar-refractivity contribution in [3.63, 3.8) is 0 Å². The Morgan fingerprint density at radius 2 is 1.37 bits per heavy atom. The molecule has 2 aromatic rings. The molecule has 0 bridgehead atoms. The van der Waals surface area contributed by atoms with E-state index in [9.17, 15) is 24.3 Å². The van der Waals surface area contributed by atoms with Crippen molar-refractivity contribution in [2.45, 2.75) is 6.92 Å². The Balaban J connectivity index is 2.43. The smallest absolute Gasteiger partial charge is 0.336 e. The third-order valence-electron chi connectivity index (χ3n) is 3.53. The van der Waals surface area contributed by atoms with E-state index < -0.39 is 23.8 Å². The van der Waals surface area contributed by atoms with Crippen molar-refractivity contribution >= 4 is 23.8 Å². The molecule has 0 saturated heterocycles. The summed E-state index contributed by atoms with van der Waals surface area (Å²) in [4.78, 5) is 46.0. The third-order valence-corrected chi connectivity index (χ3v) is 3.53. The van der Waals surface area contributed by atoms with Gasteiger partial charge in [-0.15, -0.1) is 0 Å². The Morgan fingerprint density at radius 1 is 0.889 bits per heavy atom. The Bertz CT molecular complexity index is 937. The lowest BCUT2D eigenvalue weighted by Crippen LogP contribution is -2.24. The number of primary amides is 1. The van der Waals surface area contributed by atoms with Crippen LogP contribution in [-0.2, 0) is 0 Å². The molecule has 0 spiro atoms. The maximum Gasteiger partial charge on any atom is 0.336 e. The van der Waals surface area contributed by atoms with Crippen LogP contribution in [-0.4, -0.2) is 40.5 Å². The van der Waals surface area contributed by atoms with Crippen molar-refractivity contribution < 1.29 is 34.1 Å². The minimum Gasteiger partial charge on any atom is -0.478 e. The quantitative estimate of drug-likeness (QED) is 0.576. The SMILES string of the molecule is CCNC(=O)c1cc(Oc2ccc(C(=O)O)c(C(N)=O)c2)ccc1C(=O)O. The highest BCUT2D eigenvalue weighted by Crippen LogP contribution is 2.26. The topological polar surface area (TPSA) is 156 Å². The number of hydrogen-bond acceptors (Lipinski definition) is 5. The highest BCUT2D eigenvalue weighted by atomic mass is 16.5. The van der Waals surface area contributed by atoms with E-state index in [-0.39, 0.29) is 33.8 Å². The van der Waals surface area contributed by atoms with Crippen LogP contribution in [0.5, 0.6) is 11.5 Å². The van der Waals surface area contributed by atoms with Crippen LogP contribution in [0.4, 0.5) is 0 Å². The van der Waals surface area contributed by atoms with Gasteiger partial charge < -0.3 is 26.0 Å². The molecule has 0 aliphatic heterocycles. The van der Waals surface area contributed by atoms with E-state index in [0.717, 1.165) is 12.1 Å². The van der Waals surface area contributed by atoms with Gasteiger partial charge in [0.25, 0.3) is 5.91 Å². The van der Waals surface area contributed by atoms with E-state index in [0.29, 0.717) is 6.54 Å². The van der Waals surface area contributed by atoms with Crippen LogP contribution in [0.3, 0.4) is 0 Å². The second-order valence-electron chi connectivity index (χ2n) is 5.35. The van der Waals surface area contributed by atoms with Crippen LogP contribution in [0, 0.1) is 0 Å². The number of nitrogens with one attached hydrogen (secondary N) is 1. The number of rotatable bonds is 7. The van der Waals surface area contributed by atoms with Crippen LogP contribution in [0.15, 0.2) is 36.4 Å². The van der Waals surface area contributed by atoms with Crippen LogP contribution in [0.1, 0.15) is 48.4 Å². The molecule has 2 aromatic carbocycles. The summed E-state index contributed by atoms with van der Waals surface area (Å²) in [6.07, 6.45) is 0. The average molecular weight is 372 g/mol. The van der Waals surface area contributed by atoms with Gasteiger partial charge in [-0.2, -0.15) is 0 Å². The van der Waals surface area contributed by atoms with Crippen molar-refractivity contribution in [2.24, 2.45) is 5.73 Å². The number of ether oxygens (including phenoxy) is 1. The molecule has 27 heavy (non-hydrogen) atoms. The second-order valence-corrected chi connectivity index (χ2v) is 5.35. The first-order chi connectivity index (χ1) is 12.7. The van der Waals surface area contributed by atoms with Gasteiger partial charge in [-0.25, -0.2) is 9.59 Å². The van der Waals surface area contributed by atoms with Crippen molar-refractivity contribution in [2.75, 3.05) is 6.54 Å². The van der Waals surface area contributed by atoms with E-state index >= 15 is 0 Å². The fraction of sp³-hybridized carbons (Fsp3) is 0.111. The first-order valence-electron chi connectivity index (χ1n) is 7.75. The fourth-order valence-electron chi connectivity index (χ4n) is 2.33. The average Bonchev–Trinajstić information content (AvgIpc) is 2.61. The van der Waals surface area contributed by atoms with Gasteiger partial charge in [-0.3, -0.25) is 9.59 Å². The largest absolute Gasteiger partial charge is 0.478 e. The summed E-state index contributed by atoms with van der Waals surface area (Å²) in [6, 6.07) is 7.41. The molecule has 9 heteroatoms. The van der Waals surface area contributed by atoms with E-state index in [1.165, 1.54) is 24.3 Å². The van der Waals surface area contributed by atoms with Crippen LogP contribution < -0.4 is 15.8 Å². The van der Waals surface area contributed by atoms with Gasteiger partial charge in [0.2, 0.25) is 5.91 Å². The van der Waals surface area contributed by atoms with Gasteiger partial charge in [0, 0.05) is 6.54 Å². The van der Waals surface area contributed by atoms with Gasteiger partial charge in [0.05, 0.1) is 22.3 Å². The Kier molecular flexibility index (Phi) is 5.76. The molecule has 0 heterocycles.